The van der Waals surface area contributed by atoms with Crippen LogP contribution in [0.25, 0.3) is 0 Å². The summed E-state index contributed by atoms with van der Waals surface area (Å²) in [5.74, 6) is 0.490. The van der Waals surface area contributed by atoms with Crippen LogP contribution < -0.4 is 0 Å². The highest BCUT2D eigenvalue weighted by Crippen LogP contribution is 2.19. The van der Waals surface area contributed by atoms with Gasteiger partial charge in [0.2, 0.25) is 0 Å². The van der Waals surface area contributed by atoms with Gasteiger partial charge in [0.1, 0.15) is 11.5 Å². The average Bonchev–Trinajstić information content (AvgIpc) is 2.64. The van der Waals surface area contributed by atoms with Crippen molar-refractivity contribution < 1.29 is 4.79 Å². The molecule has 0 atom stereocenters. The normalized spacial score (nSPS) is 10.5. The molecule has 0 aliphatic rings. The van der Waals surface area contributed by atoms with Crippen LogP contribution in [-0.2, 0) is 13.5 Å². The van der Waals surface area contributed by atoms with Crippen LogP contribution in [0.5, 0.6) is 0 Å². The van der Waals surface area contributed by atoms with Crippen molar-refractivity contribution in [2.45, 2.75) is 6.42 Å². The van der Waals surface area contributed by atoms with Gasteiger partial charge in [0, 0.05) is 25.6 Å². The fraction of sp³-hybridized carbons (Fsp3) is 0.182. The topological polar surface area (TPSA) is 47.8 Å². The summed E-state index contributed by atoms with van der Waals surface area (Å²) < 4.78 is 1.78. The van der Waals surface area contributed by atoms with Crippen molar-refractivity contribution in [1.29, 1.82) is 0 Å². The van der Waals surface area contributed by atoms with Crippen molar-refractivity contribution in [2.75, 3.05) is 0 Å². The van der Waals surface area contributed by atoms with Gasteiger partial charge in [-0.05, 0) is 6.07 Å². The molecule has 0 aromatic carbocycles. The Hall–Kier alpha value is -1.39. The number of hydrogen-bond donors (Lipinski definition) is 0. The molecule has 0 saturated carbocycles. The molecule has 0 amide bonds. The highest BCUT2D eigenvalue weighted by Gasteiger charge is 2.15. The highest BCUT2D eigenvalue weighted by molar-refractivity contribution is 6.36. The molecule has 0 saturated heterocycles. The number of carbonyl (C=O) groups excluding carboxylic acids is 1. The fourth-order valence-electron chi connectivity index (χ4n) is 1.41. The standard InChI is InChI=1S/C11H9Cl2N3O/c1-16-3-2-14-10(16)5-9(17)11-8(13)4-7(12)6-15-11/h2-4,6H,5H2,1H3. The lowest BCUT2D eigenvalue weighted by molar-refractivity contribution is 0.0985. The number of Topliss-reactive ketones (excluding diaryl/α,β-unsaturated/α-hetero) is 1. The van der Waals surface area contributed by atoms with Crippen molar-refractivity contribution in [3.63, 3.8) is 0 Å². The van der Waals surface area contributed by atoms with E-state index in [1.165, 1.54) is 12.3 Å². The first-order valence-corrected chi connectivity index (χ1v) is 5.64. The lowest BCUT2D eigenvalue weighted by Crippen LogP contribution is -2.10. The van der Waals surface area contributed by atoms with E-state index in [0.717, 1.165) is 0 Å². The van der Waals surface area contributed by atoms with Gasteiger partial charge < -0.3 is 4.57 Å². The lowest BCUT2D eigenvalue weighted by atomic mass is 10.2. The second-order valence-corrected chi connectivity index (χ2v) is 4.38. The van der Waals surface area contributed by atoms with E-state index in [0.29, 0.717) is 10.8 Å². The van der Waals surface area contributed by atoms with E-state index >= 15 is 0 Å². The zero-order chi connectivity index (χ0) is 12.4. The SMILES string of the molecule is Cn1ccnc1CC(=O)c1ncc(Cl)cc1Cl. The van der Waals surface area contributed by atoms with E-state index in [1.807, 2.05) is 7.05 Å². The lowest BCUT2D eigenvalue weighted by Gasteiger charge is -2.03. The molecule has 0 N–H and O–H groups in total. The summed E-state index contributed by atoms with van der Waals surface area (Å²) in [5, 5.41) is 0.667. The summed E-state index contributed by atoms with van der Waals surface area (Å²) in [7, 11) is 1.83. The van der Waals surface area contributed by atoms with Crippen LogP contribution in [0.1, 0.15) is 16.3 Å². The van der Waals surface area contributed by atoms with Crippen LogP contribution in [0.4, 0.5) is 0 Å². The van der Waals surface area contributed by atoms with Crippen molar-refractivity contribution >= 4 is 29.0 Å². The molecule has 0 bridgehead atoms. The van der Waals surface area contributed by atoms with Crippen LogP contribution in [0.3, 0.4) is 0 Å². The predicted octanol–water partition coefficient (Wildman–Crippen LogP) is 2.55. The van der Waals surface area contributed by atoms with Crippen LogP contribution in [0.15, 0.2) is 24.7 Å². The van der Waals surface area contributed by atoms with Gasteiger partial charge in [-0.15, -0.1) is 0 Å². The molecule has 0 radical (unpaired) electrons. The number of nitrogens with zero attached hydrogens (tertiary/aromatic N) is 3. The first-order chi connectivity index (χ1) is 8.08. The minimum atomic E-state index is -0.180. The number of ketones is 1. The quantitative estimate of drug-likeness (QED) is 0.805. The Morgan fingerprint density at radius 1 is 1.41 bits per heavy atom. The maximum absolute atomic E-state index is 12.0. The molecule has 2 heterocycles. The molecule has 0 aliphatic carbocycles. The third-order valence-electron chi connectivity index (χ3n) is 2.31. The van der Waals surface area contributed by atoms with Crippen molar-refractivity contribution in [1.82, 2.24) is 14.5 Å². The molecule has 4 nitrogen and oxygen atoms in total. The first kappa shape index (κ1) is 12.1. The average molecular weight is 270 g/mol. The summed E-state index contributed by atoms with van der Waals surface area (Å²) in [5.41, 5.74) is 0.221. The molecule has 0 fully saturated rings. The van der Waals surface area contributed by atoms with E-state index in [-0.39, 0.29) is 22.9 Å². The minimum Gasteiger partial charge on any atom is -0.338 e. The van der Waals surface area contributed by atoms with Gasteiger partial charge >= 0.3 is 0 Å². The predicted molar refractivity (Wildman–Crippen MR) is 65.5 cm³/mol. The molecule has 2 aromatic heterocycles. The maximum Gasteiger partial charge on any atom is 0.190 e. The fourth-order valence-corrected chi connectivity index (χ4v) is 1.90. The molecular formula is C11H9Cl2N3O. The third kappa shape index (κ3) is 2.65. The molecule has 0 aliphatic heterocycles. The summed E-state index contributed by atoms with van der Waals surface area (Å²) in [4.78, 5) is 20.0. The number of aryl methyl sites for hydroxylation is 1. The van der Waals surface area contributed by atoms with Crippen LogP contribution in [-0.4, -0.2) is 20.3 Å². The molecule has 0 spiro atoms. The van der Waals surface area contributed by atoms with Crippen LogP contribution in [0.2, 0.25) is 10.0 Å². The van der Waals surface area contributed by atoms with Crippen molar-refractivity contribution in [3.05, 3.63) is 46.2 Å². The number of rotatable bonds is 3. The monoisotopic (exact) mass is 269 g/mol. The van der Waals surface area contributed by atoms with E-state index in [4.69, 9.17) is 23.2 Å². The van der Waals surface area contributed by atoms with Gasteiger partial charge in [-0.2, -0.15) is 0 Å². The van der Waals surface area contributed by atoms with E-state index in [1.54, 1.807) is 17.0 Å². The highest BCUT2D eigenvalue weighted by atomic mass is 35.5. The Morgan fingerprint density at radius 2 is 2.18 bits per heavy atom. The first-order valence-electron chi connectivity index (χ1n) is 4.88. The molecule has 0 unspecified atom stereocenters. The smallest absolute Gasteiger partial charge is 0.190 e. The van der Waals surface area contributed by atoms with E-state index in [2.05, 4.69) is 9.97 Å². The van der Waals surface area contributed by atoms with Gasteiger partial charge in [0.15, 0.2) is 5.78 Å². The van der Waals surface area contributed by atoms with Crippen molar-refractivity contribution in [3.8, 4) is 0 Å². The molecule has 17 heavy (non-hydrogen) atoms. The largest absolute Gasteiger partial charge is 0.338 e. The Labute approximate surface area is 108 Å². The van der Waals surface area contributed by atoms with Crippen LogP contribution in [0, 0.1) is 0 Å². The minimum absolute atomic E-state index is 0.165. The van der Waals surface area contributed by atoms with E-state index in [9.17, 15) is 4.79 Å². The van der Waals surface area contributed by atoms with Gasteiger partial charge in [-0.1, -0.05) is 23.2 Å². The summed E-state index contributed by atoms with van der Waals surface area (Å²) >= 11 is 11.6. The van der Waals surface area contributed by atoms with Crippen molar-refractivity contribution in [2.24, 2.45) is 7.05 Å². The van der Waals surface area contributed by atoms with Crippen LogP contribution >= 0.6 is 23.2 Å². The number of hydrogen-bond acceptors (Lipinski definition) is 3. The zero-order valence-electron chi connectivity index (χ0n) is 9.02. The third-order valence-corrected chi connectivity index (χ3v) is 2.81. The number of aromatic nitrogens is 3. The molecule has 88 valence electrons. The Bertz CT molecular complexity index is 566. The summed E-state index contributed by atoms with van der Waals surface area (Å²) in [6.45, 7) is 0. The molecular weight excluding hydrogens is 261 g/mol. The van der Waals surface area contributed by atoms with E-state index < -0.39 is 0 Å². The molecule has 2 aromatic rings. The Balaban J connectivity index is 2.23. The Kier molecular flexibility index (Phi) is 3.45. The molecule has 6 heteroatoms. The second kappa shape index (κ2) is 4.85. The number of pyridine rings is 1. The molecule has 2 rings (SSSR count). The van der Waals surface area contributed by atoms with Gasteiger partial charge in [0.05, 0.1) is 16.5 Å². The zero-order valence-corrected chi connectivity index (χ0v) is 10.5. The van der Waals surface area contributed by atoms with Gasteiger partial charge in [-0.25, -0.2) is 9.97 Å². The van der Waals surface area contributed by atoms with Gasteiger partial charge in [-0.3, -0.25) is 4.79 Å². The summed E-state index contributed by atoms with van der Waals surface area (Å²) in [6, 6.07) is 1.50. The number of halogens is 2. The summed E-state index contributed by atoms with van der Waals surface area (Å²) in [6.07, 6.45) is 4.98. The number of carbonyl (C=O) groups is 1. The number of imidazole rings is 1. The van der Waals surface area contributed by atoms with Gasteiger partial charge in [0.25, 0.3) is 0 Å². The maximum atomic E-state index is 12.0. The second-order valence-electron chi connectivity index (χ2n) is 3.54. The Morgan fingerprint density at radius 3 is 2.76 bits per heavy atom.